The second-order valence-electron chi connectivity index (χ2n) is 9.84. The van der Waals surface area contributed by atoms with Crippen LogP contribution in [0.15, 0.2) is 108 Å². The lowest BCUT2D eigenvalue weighted by atomic mass is 10.0. The zero-order valence-electron chi connectivity index (χ0n) is 24.6. The minimum absolute atomic E-state index is 0.0172. The molecule has 0 aromatic heterocycles. The Morgan fingerprint density at radius 1 is 0.818 bits per heavy atom. The van der Waals surface area contributed by atoms with Crippen molar-refractivity contribution in [2.45, 2.75) is 23.9 Å². The van der Waals surface area contributed by atoms with E-state index in [2.05, 4.69) is 5.32 Å². The van der Waals surface area contributed by atoms with Gasteiger partial charge in [-0.25, -0.2) is 8.42 Å². The fraction of sp³-hybridized carbons (Fsp3) is 0.212. The van der Waals surface area contributed by atoms with Crippen LogP contribution in [-0.4, -0.2) is 59.0 Å². The highest BCUT2D eigenvalue weighted by Crippen LogP contribution is 2.32. The molecule has 2 amide bonds. The number of amides is 2. The molecule has 0 aliphatic heterocycles. The number of halogens is 1. The molecule has 9 nitrogen and oxygen atoms in total. The average Bonchev–Trinajstić information content (AvgIpc) is 3.05. The highest BCUT2D eigenvalue weighted by atomic mass is 35.5. The van der Waals surface area contributed by atoms with E-state index in [9.17, 15) is 18.0 Å². The first-order valence-corrected chi connectivity index (χ1v) is 15.6. The molecule has 1 N–H and O–H groups in total. The van der Waals surface area contributed by atoms with Gasteiger partial charge in [0.1, 0.15) is 12.6 Å². The van der Waals surface area contributed by atoms with E-state index in [0.717, 1.165) is 9.87 Å². The van der Waals surface area contributed by atoms with Crippen molar-refractivity contribution in [3.8, 4) is 11.5 Å². The van der Waals surface area contributed by atoms with Gasteiger partial charge in [-0.15, -0.1) is 0 Å². The van der Waals surface area contributed by atoms with Crippen molar-refractivity contribution in [2.24, 2.45) is 0 Å². The number of hydrogen-bond acceptors (Lipinski definition) is 6. The minimum atomic E-state index is -4.30. The van der Waals surface area contributed by atoms with Gasteiger partial charge in [-0.05, 0) is 47.5 Å². The number of anilines is 1. The van der Waals surface area contributed by atoms with E-state index in [1.54, 1.807) is 54.6 Å². The van der Waals surface area contributed by atoms with E-state index in [4.69, 9.17) is 21.1 Å². The van der Waals surface area contributed by atoms with Gasteiger partial charge in [0, 0.05) is 31.1 Å². The van der Waals surface area contributed by atoms with Crippen LogP contribution in [0.5, 0.6) is 11.5 Å². The Balaban J connectivity index is 1.79. The van der Waals surface area contributed by atoms with E-state index >= 15 is 0 Å². The van der Waals surface area contributed by atoms with Crippen LogP contribution in [0.1, 0.15) is 11.1 Å². The summed E-state index contributed by atoms with van der Waals surface area (Å²) in [5.41, 5.74) is 1.79. The number of rotatable bonds is 13. The van der Waals surface area contributed by atoms with Gasteiger partial charge in [-0.2, -0.15) is 0 Å². The molecular weight excluding hydrogens is 602 g/mol. The minimum Gasteiger partial charge on any atom is -0.493 e. The Morgan fingerprint density at radius 2 is 1.45 bits per heavy atom. The number of nitrogens with zero attached hydrogens (tertiary/aromatic N) is 2. The van der Waals surface area contributed by atoms with Crippen LogP contribution >= 0.6 is 11.6 Å². The van der Waals surface area contributed by atoms with E-state index in [1.165, 1.54) is 44.4 Å². The van der Waals surface area contributed by atoms with Crippen LogP contribution in [0.25, 0.3) is 0 Å². The van der Waals surface area contributed by atoms with Crippen molar-refractivity contribution in [3.05, 3.63) is 119 Å². The largest absolute Gasteiger partial charge is 0.493 e. The molecule has 0 saturated heterocycles. The Kier molecular flexibility index (Phi) is 10.9. The quantitative estimate of drug-likeness (QED) is 0.223. The van der Waals surface area contributed by atoms with Crippen molar-refractivity contribution in [1.29, 1.82) is 0 Å². The molecule has 0 bridgehead atoms. The molecule has 1 atom stereocenters. The van der Waals surface area contributed by atoms with Gasteiger partial charge in [0.15, 0.2) is 11.5 Å². The molecule has 4 rings (SSSR count). The number of benzene rings is 4. The van der Waals surface area contributed by atoms with Crippen LogP contribution in [0.3, 0.4) is 0 Å². The number of likely N-dealkylation sites (N-methyl/N-ethyl adjacent to an activating group) is 1. The monoisotopic (exact) mass is 635 g/mol. The van der Waals surface area contributed by atoms with Crippen LogP contribution in [0, 0.1) is 0 Å². The lowest BCUT2D eigenvalue weighted by Gasteiger charge is -2.33. The molecular formula is C33H34ClN3O6S. The van der Waals surface area contributed by atoms with E-state index < -0.39 is 34.4 Å². The maximum absolute atomic E-state index is 14.3. The van der Waals surface area contributed by atoms with Crippen molar-refractivity contribution in [2.75, 3.05) is 32.1 Å². The molecule has 0 heterocycles. The van der Waals surface area contributed by atoms with E-state index in [-0.39, 0.29) is 29.3 Å². The third-order valence-corrected chi connectivity index (χ3v) is 9.03. The number of nitrogens with one attached hydrogen (secondary N) is 1. The van der Waals surface area contributed by atoms with Crippen molar-refractivity contribution >= 4 is 39.1 Å². The number of sulfonamides is 1. The molecule has 44 heavy (non-hydrogen) atoms. The Hall–Kier alpha value is -4.54. The maximum atomic E-state index is 14.3. The van der Waals surface area contributed by atoms with Gasteiger partial charge in [-0.3, -0.25) is 13.9 Å². The molecule has 0 spiro atoms. The molecule has 0 fully saturated rings. The van der Waals surface area contributed by atoms with Gasteiger partial charge < -0.3 is 19.7 Å². The van der Waals surface area contributed by atoms with Crippen LogP contribution in [0.4, 0.5) is 5.69 Å². The van der Waals surface area contributed by atoms with Gasteiger partial charge in [0.2, 0.25) is 11.8 Å². The first-order valence-electron chi connectivity index (χ1n) is 13.8. The van der Waals surface area contributed by atoms with Crippen LogP contribution in [-0.2, 0) is 32.6 Å². The highest BCUT2D eigenvalue weighted by molar-refractivity contribution is 7.92. The van der Waals surface area contributed by atoms with Gasteiger partial charge in [-0.1, -0.05) is 72.3 Å². The highest BCUT2D eigenvalue weighted by Gasteiger charge is 2.34. The van der Waals surface area contributed by atoms with Crippen molar-refractivity contribution < 1.29 is 27.5 Å². The summed E-state index contributed by atoms with van der Waals surface area (Å²) in [5, 5.41) is 3.13. The van der Waals surface area contributed by atoms with E-state index in [1.807, 2.05) is 30.3 Å². The van der Waals surface area contributed by atoms with Gasteiger partial charge in [0.05, 0.1) is 24.8 Å². The van der Waals surface area contributed by atoms with Crippen molar-refractivity contribution in [3.63, 3.8) is 0 Å². The summed E-state index contributed by atoms with van der Waals surface area (Å²) in [5.74, 6) is -0.394. The SMILES string of the molecule is CNC(=O)[C@@H](Cc1ccccc1)N(Cc1cccc(Cl)c1)C(=O)CN(c1ccccc1)S(=O)(=O)c1ccc(OC)c(OC)c1. The molecule has 11 heteroatoms. The number of methoxy groups -OCH3 is 2. The second-order valence-corrected chi connectivity index (χ2v) is 12.1. The summed E-state index contributed by atoms with van der Waals surface area (Å²) in [7, 11) is 0.0595. The summed E-state index contributed by atoms with van der Waals surface area (Å²) in [6.07, 6.45) is 0.209. The normalized spacial score (nSPS) is 11.7. The number of hydrogen-bond donors (Lipinski definition) is 1. The average molecular weight is 636 g/mol. The number of carbonyl (C=O) groups is 2. The number of carbonyl (C=O) groups excluding carboxylic acids is 2. The summed E-state index contributed by atoms with van der Waals surface area (Å²) in [4.78, 5) is 29.0. The molecule has 4 aromatic rings. The topological polar surface area (TPSA) is 105 Å². The fourth-order valence-corrected chi connectivity index (χ4v) is 6.42. The smallest absolute Gasteiger partial charge is 0.264 e. The molecule has 0 saturated carbocycles. The molecule has 0 aliphatic rings. The third-order valence-electron chi connectivity index (χ3n) is 7.03. The number of para-hydroxylation sites is 1. The lowest BCUT2D eigenvalue weighted by molar-refractivity contribution is -0.139. The fourth-order valence-electron chi connectivity index (χ4n) is 4.78. The first-order chi connectivity index (χ1) is 21.2. The first kappa shape index (κ1) is 32.4. The van der Waals surface area contributed by atoms with E-state index in [0.29, 0.717) is 16.3 Å². The zero-order valence-corrected chi connectivity index (χ0v) is 26.2. The Morgan fingerprint density at radius 3 is 2.07 bits per heavy atom. The predicted octanol–water partition coefficient (Wildman–Crippen LogP) is 4.94. The summed E-state index contributed by atoms with van der Waals surface area (Å²) in [6.45, 7) is -0.563. The standard InChI is InChI=1S/C33H34ClN3O6S/c1-35-33(39)29(20-24-11-6-4-7-12-24)36(22-25-13-10-14-26(34)19-25)32(38)23-37(27-15-8-5-9-16-27)44(40,41)28-17-18-30(42-2)31(21-28)43-3/h4-19,21,29H,20,22-23H2,1-3H3,(H,35,39)/t29-/m1/s1. The summed E-state index contributed by atoms with van der Waals surface area (Å²) < 4.78 is 40.0. The van der Waals surface area contributed by atoms with Crippen LogP contribution < -0.4 is 19.1 Å². The molecule has 4 aromatic carbocycles. The Labute approximate surface area is 263 Å². The van der Waals surface area contributed by atoms with Gasteiger partial charge in [0.25, 0.3) is 10.0 Å². The predicted molar refractivity (Wildman–Crippen MR) is 171 cm³/mol. The van der Waals surface area contributed by atoms with Crippen LogP contribution in [0.2, 0.25) is 5.02 Å². The molecule has 230 valence electrons. The number of ether oxygens (including phenoxy) is 2. The zero-order chi connectivity index (χ0) is 31.7. The molecule has 0 unspecified atom stereocenters. The summed E-state index contributed by atoms with van der Waals surface area (Å²) in [6, 6.07) is 27.9. The maximum Gasteiger partial charge on any atom is 0.264 e. The van der Waals surface area contributed by atoms with Crippen molar-refractivity contribution in [1.82, 2.24) is 10.2 Å². The lowest BCUT2D eigenvalue weighted by Crippen LogP contribution is -2.53. The molecule has 0 radical (unpaired) electrons. The summed E-state index contributed by atoms with van der Waals surface area (Å²) >= 11 is 6.26. The third kappa shape index (κ3) is 7.69. The Bertz CT molecular complexity index is 1690. The van der Waals surface area contributed by atoms with Gasteiger partial charge >= 0.3 is 0 Å². The molecule has 0 aliphatic carbocycles. The second kappa shape index (κ2) is 14.8.